The van der Waals surface area contributed by atoms with Crippen LogP contribution in [0.25, 0.3) is 0 Å². The van der Waals surface area contributed by atoms with Gasteiger partial charge in [0.05, 0.1) is 0 Å². The molecule has 0 amide bonds. The summed E-state index contributed by atoms with van der Waals surface area (Å²) in [7, 11) is 0. The van der Waals surface area contributed by atoms with Crippen LogP contribution in [0.15, 0.2) is 0 Å². The molecule has 0 saturated carbocycles. The Hall–Kier alpha value is 1.45. The van der Waals surface area contributed by atoms with Crippen molar-refractivity contribution in [3.8, 4) is 0 Å². The SMILES string of the molecule is CCC(C)(C)[C](C)(C)[Hf+2][C](C)(C)C(C)(C)CC.[Cl-].[Cl-]. The van der Waals surface area contributed by atoms with Gasteiger partial charge >= 0.3 is 122 Å². The van der Waals surface area contributed by atoms with Gasteiger partial charge in [-0.3, -0.25) is 0 Å². The average molecular weight is 476 g/mol. The van der Waals surface area contributed by atoms with Crippen LogP contribution in [0.2, 0.25) is 6.34 Å². The molecule has 0 fully saturated rings. The molecule has 116 valence electrons. The molecule has 0 aliphatic carbocycles. The average Bonchev–Trinajstić information content (AvgIpc) is 2.15. The first kappa shape index (κ1) is 25.4. The van der Waals surface area contributed by atoms with Gasteiger partial charge in [0.1, 0.15) is 0 Å². The summed E-state index contributed by atoms with van der Waals surface area (Å²) in [6.07, 6.45) is 2.60. The number of halogens is 2. The van der Waals surface area contributed by atoms with E-state index in [-0.39, 0.29) is 24.8 Å². The van der Waals surface area contributed by atoms with Gasteiger partial charge in [-0.15, -0.1) is 0 Å². The summed E-state index contributed by atoms with van der Waals surface area (Å²) in [6.45, 7) is 24.7. The van der Waals surface area contributed by atoms with Crippen LogP contribution in [0, 0.1) is 10.8 Å². The van der Waals surface area contributed by atoms with E-state index in [2.05, 4.69) is 69.2 Å². The number of rotatable bonds is 6. The molecule has 0 unspecified atom stereocenters. The molecule has 0 aromatic rings. The molecule has 0 spiro atoms. The Morgan fingerprint density at radius 3 is 0.947 bits per heavy atom. The molecule has 0 radical (unpaired) electrons. The molecule has 0 aromatic heterocycles. The Bertz CT molecular complexity index is 229. The maximum atomic E-state index is 2.53. The Balaban J connectivity index is -0.00000128. The van der Waals surface area contributed by atoms with Crippen LogP contribution in [0.3, 0.4) is 0 Å². The Kier molecular flexibility index (Phi) is 10.9. The van der Waals surface area contributed by atoms with Crippen LogP contribution in [0.5, 0.6) is 0 Å². The van der Waals surface area contributed by atoms with Crippen molar-refractivity contribution in [1.82, 2.24) is 0 Å². The van der Waals surface area contributed by atoms with Crippen LogP contribution in [0.1, 0.15) is 82.1 Å². The van der Waals surface area contributed by atoms with Gasteiger partial charge in [0, 0.05) is 0 Å². The molecule has 0 heterocycles. The van der Waals surface area contributed by atoms with E-state index in [0.717, 1.165) is 0 Å². The van der Waals surface area contributed by atoms with E-state index in [4.69, 9.17) is 0 Å². The third-order valence-corrected chi connectivity index (χ3v) is 15.1. The van der Waals surface area contributed by atoms with Gasteiger partial charge in [0.15, 0.2) is 0 Å². The normalized spacial score (nSPS) is 13.2. The first-order chi connectivity index (χ1) is 7.33. The summed E-state index contributed by atoms with van der Waals surface area (Å²) in [5, 5.41) is 0. The fourth-order valence-corrected chi connectivity index (χ4v) is 11.3. The first-order valence-electron chi connectivity index (χ1n) is 7.12. The fraction of sp³-hybridized carbons (Fsp3) is 1.00. The second-order valence-corrected chi connectivity index (χ2v) is 17.7. The van der Waals surface area contributed by atoms with Crippen molar-refractivity contribution in [2.45, 2.75) is 88.4 Å². The quantitative estimate of drug-likeness (QED) is 0.486. The summed E-state index contributed by atoms with van der Waals surface area (Å²) in [5.74, 6) is 0. The van der Waals surface area contributed by atoms with E-state index in [1.165, 1.54) is 12.8 Å². The van der Waals surface area contributed by atoms with Crippen molar-refractivity contribution in [3.63, 3.8) is 0 Å². The fourth-order valence-electron chi connectivity index (χ4n) is 2.00. The summed E-state index contributed by atoms with van der Waals surface area (Å²) in [5.41, 5.74) is 0.994. The molecule has 0 atom stereocenters. The van der Waals surface area contributed by atoms with Crippen molar-refractivity contribution < 1.29 is 47.7 Å². The molecule has 19 heavy (non-hydrogen) atoms. The molecule has 0 rings (SSSR count). The predicted molar refractivity (Wildman–Crippen MR) is 76.2 cm³/mol. The molecule has 0 aromatic carbocycles. The molecular formula is C16H34Cl2Hf. The topological polar surface area (TPSA) is 0 Å². The van der Waals surface area contributed by atoms with Crippen molar-refractivity contribution in [1.29, 1.82) is 0 Å². The van der Waals surface area contributed by atoms with E-state index >= 15 is 0 Å². The summed E-state index contributed by atoms with van der Waals surface area (Å²) < 4.78 is 1.16. The second kappa shape index (κ2) is 8.18. The Morgan fingerprint density at radius 1 is 0.579 bits per heavy atom. The number of hydrogen-bond acceptors (Lipinski definition) is 0. The van der Waals surface area contributed by atoms with E-state index < -0.39 is 22.9 Å². The van der Waals surface area contributed by atoms with E-state index in [0.29, 0.717) is 17.2 Å². The zero-order valence-electron chi connectivity index (χ0n) is 14.7. The van der Waals surface area contributed by atoms with Crippen molar-refractivity contribution in [2.24, 2.45) is 10.8 Å². The summed E-state index contributed by atoms with van der Waals surface area (Å²) >= 11 is -0.746. The third kappa shape index (κ3) is 5.99. The van der Waals surface area contributed by atoms with Crippen molar-refractivity contribution in [3.05, 3.63) is 0 Å². The van der Waals surface area contributed by atoms with Gasteiger partial charge in [-0.1, -0.05) is 0 Å². The van der Waals surface area contributed by atoms with Crippen LogP contribution in [0.4, 0.5) is 0 Å². The van der Waals surface area contributed by atoms with Crippen molar-refractivity contribution >= 4 is 0 Å². The van der Waals surface area contributed by atoms with Gasteiger partial charge in [-0.2, -0.15) is 0 Å². The second-order valence-electron chi connectivity index (χ2n) is 7.85. The first-order valence-corrected chi connectivity index (χ1v) is 10.7. The van der Waals surface area contributed by atoms with E-state index in [1.807, 2.05) is 0 Å². The zero-order chi connectivity index (χ0) is 14.1. The maximum Gasteiger partial charge on any atom is -1.00 e. The molecule has 0 aliphatic rings. The minimum absolute atomic E-state index is 0. The standard InChI is InChI=1S/2C8H17.2ClH.Hf/c2*1-6-8(4,5)7(2)3;;;/h2*6H2,1-5H3;2*1H;/q;;;;+2/p-2. The third-order valence-electron chi connectivity index (χ3n) is 5.78. The van der Waals surface area contributed by atoms with Crippen LogP contribution < -0.4 is 24.8 Å². The molecular weight excluding hydrogens is 442 g/mol. The minimum Gasteiger partial charge on any atom is -1.00 e. The van der Waals surface area contributed by atoms with Crippen LogP contribution >= 0.6 is 0 Å². The van der Waals surface area contributed by atoms with Crippen LogP contribution in [-0.2, 0) is 22.9 Å². The van der Waals surface area contributed by atoms with Gasteiger partial charge in [0.25, 0.3) is 0 Å². The monoisotopic (exact) mass is 476 g/mol. The molecule has 0 bridgehead atoms. The largest absolute Gasteiger partial charge is 1.00 e. The molecule has 0 aliphatic heterocycles. The van der Waals surface area contributed by atoms with Crippen LogP contribution in [-0.4, -0.2) is 0 Å². The smallest absolute Gasteiger partial charge is 1.00 e. The summed E-state index contributed by atoms with van der Waals surface area (Å²) in [6, 6.07) is 0. The van der Waals surface area contributed by atoms with E-state index in [1.54, 1.807) is 0 Å². The summed E-state index contributed by atoms with van der Waals surface area (Å²) in [4.78, 5) is 0. The number of hydrogen-bond donors (Lipinski definition) is 0. The molecule has 0 saturated heterocycles. The molecule has 0 N–H and O–H groups in total. The van der Waals surface area contributed by atoms with Gasteiger partial charge in [-0.05, 0) is 0 Å². The minimum atomic E-state index is -0.746. The maximum absolute atomic E-state index is 2.53. The Morgan fingerprint density at radius 2 is 0.789 bits per heavy atom. The van der Waals surface area contributed by atoms with Gasteiger partial charge in [0.2, 0.25) is 0 Å². The molecule has 0 nitrogen and oxygen atoms in total. The molecule has 3 heteroatoms. The van der Waals surface area contributed by atoms with Gasteiger partial charge < -0.3 is 24.8 Å². The van der Waals surface area contributed by atoms with Gasteiger partial charge in [-0.25, -0.2) is 0 Å². The van der Waals surface area contributed by atoms with E-state index in [9.17, 15) is 0 Å². The predicted octanol–water partition coefficient (Wildman–Crippen LogP) is 0.346. The van der Waals surface area contributed by atoms with Crippen molar-refractivity contribution in [2.75, 3.05) is 0 Å². The zero-order valence-corrected chi connectivity index (χ0v) is 19.8. The Labute approximate surface area is 146 Å².